The number of anilines is 1. The number of carbonyl (C=O) groups excluding carboxylic acids is 1. The molecule has 1 saturated carbocycles. The summed E-state index contributed by atoms with van der Waals surface area (Å²) in [4.78, 5) is 16.4. The van der Waals surface area contributed by atoms with Crippen LogP contribution in [0.5, 0.6) is 11.6 Å². The zero-order chi connectivity index (χ0) is 18.9. The molecular formula is C20H22N4O3. The maximum absolute atomic E-state index is 12.1. The first-order chi connectivity index (χ1) is 13.2. The molecule has 27 heavy (non-hydrogen) atoms. The van der Waals surface area contributed by atoms with Crippen LogP contribution >= 0.6 is 0 Å². The lowest BCUT2D eigenvalue weighted by Crippen LogP contribution is -2.28. The topological polar surface area (TPSA) is 96.3 Å². The van der Waals surface area contributed by atoms with E-state index in [2.05, 4.69) is 15.6 Å². The minimum atomic E-state index is -0.323. The van der Waals surface area contributed by atoms with E-state index in [-0.39, 0.29) is 18.7 Å². The minimum absolute atomic E-state index is 0.0103. The van der Waals surface area contributed by atoms with Crippen LogP contribution in [0.4, 0.5) is 10.5 Å². The first-order valence-electron chi connectivity index (χ1n) is 9.00. The van der Waals surface area contributed by atoms with Crippen LogP contribution in [0.15, 0.2) is 42.6 Å². The molecule has 0 atom stereocenters. The highest BCUT2D eigenvalue weighted by Crippen LogP contribution is 2.25. The van der Waals surface area contributed by atoms with Gasteiger partial charge in [0.2, 0.25) is 5.88 Å². The lowest BCUT2D eigenvalue weighted by molar-refractivity contribution is 0.199. The summed E-state index contributed by atoms with van der Waals surface area (Å²) in [6.45, 7) is 0.314. The largest absolute Gasteiger partial charge is 0.479 e. The predicted molar refractivity (Wildman–Crippen MR) is 101 cm³/mol. The van der Waals surface area contributed by atoms with E-state index in [1.54, 1.807) is 30.5 Å². The van der Waals surface area contributed by atoms with Crippen LogP contribution in [0.25, 0.3) is 0 Å². The Kier molecular flexibility index (Phi) is 6.47. The molecule has 0 radical (unpaired) electrons. The highest BCUT2D eigenvalue weighted by molar-refractivity contribution is 5.89. The maximum atomic E-state index is 12.1. The summed E-state index contributed by atoms with van der Waals surface area (Å²) in [5, 5.41) is 14.1. The zero-order valence-electron chi connectivity index (χ0n) is 15.0. The van der Waals surface area contributed by atoms with Crippen molar-refractivity contribution in [3.63, 3.8) is 0 Å². The fraction of sp³-hybridized carbons (Fsp3) is 0.350. The van der Waals surface area contributed by atoms with Gasteiger partial charge in [0.25, 0.3) is 0 Å². The number of ether oxygens (including phenoxy) is 2. The molecule has 0 unspecified atom stereocenters. The second-order valence-electron chi connectivity index (χ2n) is 6.27. The number of nitrogens with one attached hydrogen (secondary N) is 2. The summed E-state index contributed by atoms with van der Waals surface area (Å²) >= 11 is 0. The van der Waals surface area contributed by atoms with E-state index in [1.807, 2.05) is 18.2 Å². The summed E-state index contributed by atoms with van der Waals surface area (Å²) < 4.78 is 11.2. The fourth-order valence-electron chi connectivity index (χ4n) is 2.93. The Morgan fingerprint density at radius 1 is 1.22 bits per heavy atom. The van der Waals surface area contributed by atoms with Gasteiger partial charge in [-0.1, -0.05) is 6.07 Å². The van der Waals surface area contributed by atoms with Crippen molar-refractivity contribution in [2.45, 2.75) is 38.3 Å². The third-order valence-electron chi connectivity index (χ3n) is 4.29. The number of hydrogen-bond donors (Lipinski definition) is 2. The Labute approximate surface area is 158 Å². The van der Waals surface area contributed by atoms with Crippen molar-refractivity contribution in [2.75, 3.05) is 11.9 Å². The fourth-order valence-corrected chi connectivity index (χ4v) is 2.93. The van der Waals surface area contributed by atoms with Gasteiger partial charge in [-0.3, -0.25) is 0 Å². The molecule has 1 aromatic heterocycles. The number of urea groups is 1. The Morgan fingerprint density at radius 3 is 2.74 bits per heavy atom. The lowest BCUT2D eigenvalue weighted by atomic mass is 10.2. The van der Waals surface area contributed by atoms with Crippen LogP contribution in [0.1, 0.15) is 31.2 Å². The van der Waals surface area contributed by atoms with Gasteiger partial charge in [-0.05, 0) is 56.0 Å². The Morgan fingerprint density at radius 2 is 2.00 bits per heavy atom. The molecule has 3 rings (SSSR count). The van der Waals surface area contributed by atoms with Crippen LogP contribution in [-0.4, -0.2) is 23.7 Å². The van der Waals surface area contributed by atoms with Crippen LogP contribution in [0.2, 0.25) is 0 Å². The normalized spacial score (nSPS) is 13.6. The average molecular weight is 366 g/mol. The lowest BCUT2D eigenvalue weighted by Gasteiger charge is -2.15. The molecule has 0 bridgehead atoms. The number of hydrogen-bond acceptors (Lipinski definition) is 5. The van der Waals surface area contributed by atoms with E-state index in [1.165, 1.54) is 12.8 Å². The molecule has 1 aliphatic rings. The predicted octanol–water partition coefficient (Wildman–Crippen LogP) is 3.63. The summed E-state index contributed by atoms with van der Waals surface area (Å²) in [6.07, 6.45) is 6.40. The van der Waals surface area contributed by atoms with Gasteiger partial charge >= 0.3 is 6.03 Å². The van der Waals surface area contributed by atoms with E-state index in [9.17, 15) is 4.79 Å². The van der Waals surface area contributed by atoms with Gasteiger partial charge in [0.15, 0.2) is 6.61 Å². The van der Waals surface area contributed by atoms with Crippen molar-refractivity contribution in [1.29, 1.82) is 5.26 Å². The molecule has 1 heterocycles. The molecule has 1 aliphatic carbocycles. The van der Waals surface area contributed by atoms with E-state index in [4.69, 9.17) is 14.7 Å². The molecule has 2 aromatic rings. The number of pyridine rings is 1. The smallest absolute Gasteiger partial charge is 0.319 e. The SMILES string of the molecule is N#CCOc1ccc(NC(=O)NCc2cccnc2OC2CCCC2)cc1. The standard InChI is InChI=1S/C20H22N4O3/c21-11-13-26-17-9-7-16(8-10-17)24-20(25)23-14-15-4-3-12-22-19(15)27-18-5-1-2-6-18/h3-4,7-10,12,18H,1-2,5-6,13-14H2,(H2,23,24,25). The zero-order valence-corrected chi connectivity index (χ0v) is 15.0. The van der Waals surface area contributed by atoms with Gasteiger partial charge in [0.1, 0.15) is 17.9 Å². The van der Waals surface area contributed by atoms with Crippen LogP contribution < -0.4 is 20.1 Å². The summed E-state index contributed by atoms with van der Waals surface area (Å²) in [5.41, 5.74) is 1.48. The molecule has 7 nitrogen and oxygen atoms in total. The molecule has 0 spiro atoms. The van der Waals surface area contributed by atoms with Gasteiger partial charge in [-0.2, -0.15) is 5.26 Å². The molecule has 0 aliphatic heterocycles. The molecule has 140 valence electrons. The number of nitrogens with zero attached hydrogens (tertiary/aromatic N) is 2. The van der Waals surface area contributed by atoms with Crippen molar-refractivity contribution in [1.82, 2.24) is 10.3 Å². The highest BCUT2D eigenvalue weighted by Gasteiger charge is 2.18. The quantitative estimate of drug-likeness (QED) is 0.780. The van der Waals surface area contributed by atoms with E-state index in [0.717, 1.165) is 18.4 Å². The number of amides is 2. The van der Waals surface area contributed by atoms with Crippen LogP contribution in [-0.2, 0) is 6.54 Å². The summed E-state index contributed by atoms with van der Waals surface area (Å²) in [6, 6.07) is 12.1. The molecule has 2 N–H and O–H groups in total. The maximum Gasteiger partial charge on any atom is 0.319 e. The monoisotopic (exact) mass is 366 g/mol. The number of rotatable bonds is 7. The first kappa shape index (κ1) is 18.5. The van der Waals surface area contributed by atoms with Crippen molar-refractivity contribution in [2.24, 2.45) is 0 Å². The Bertz CT molecular complexity index is 796. The van der Waals surface area contributed by atoms with Crippen LogP contribution in [0, 0.1) is 11.3 Å². The van der Waals surface area contributed by atoms with Crippen molar-refractivity contribution in [3.8, 4) is 17.7 Å². The van der Waals surface area contributed by atoms with E-state index in [0.29, 0.717) is 23.9 Å². The molecule has 7 heteroatoms. The van der Waals surface area contributed by atoms with Crippen molar-refractivity contribution >= 4 is 11.7 Å². The van der Waals surface area contributed by atoms with Gasteiger partial charge < -0.3 is 20.1 Å². The third kappa shape index (κ3) is 5.61. The van der Waals surface area contributed by atoms with Gasteiger partial charge in [-0.25, -0.2) is 9.78 Å². The number of carbonyl (C=O) groups is 1. The second kappa shape index (κ2) is 9.43. The number of benzene rings is 1. The van der Waals surface area contributed by atoms with E-state index >= 15 is 0 Å². The third-order valence-corrected chi connectivity index (χ3v) is 4.29. The summed E-state index contributed by atoms with van der Waals surface area (Å²) in [7, 11) is 0. The molecule has 1 aromatic carbocycles. The van der Waals surface area contributed by atoms with Crippen molar-refractivity contribution in [3.05, 3.63) is 48.2 Å². The molecule has 2 amide bonds. The second-order valence-corrected chi connectivity index (χ2v) is 6.27. The van der Waals surface area contributed by atoms with Crippen LogP contribution in [0.3, 0.4) is 0 Å². The minimum Gasteiger partial charge on any atom is -0.479 e. The molecule has 0 saturated heterocycles. The Hall–Kier alpha value is -3.27. The molecule has 1 fully saturated rings. The van der Waals surface area contributed by atoms with Gasteiger partial charge in [0.05, 0.1) is 0 Å². The van der Waals surface area contributed by atoms with Gasteiger partial charge in [-0.15, -0.1) is 0 Å². The first-order valence-corrected chi connectivity index (χ1v) is 9.00. The van der Waals surface area contributed by atoms with E-state index < -0.39 is 0 Å². The van der Waals surface area contributed by atoms with Gasteiger partial charge in [0, 0.05) is 24.0 Å². The highest BCUT2D eigenvalue weighted by atomic mass is 16.5. The van der Waals surface area contributed by atoms with Crippen molar-refractivity contribution < 1.29 is 14.3 Å². The number of aromatic nitrogens is 1. The molecular weight excluding hydrogens is 344 g/mol. The summed E-state index contributed by atoms with van der Waals surface area (Å²) in [5.74, 6) is 1.16. The Balaban J connectivity index is 1.51. The average Bonchev–Trinajstić information content (AvgIpc) is 3.20. The number of nitriles is 1.